The summed E-state index contributed by atoms with van der Waals surface area (Å²) >= 11 is 0. The third-order valence-electron chi connectivity index (χ3n) is 11.6. The van der Waals surface area contributed by atoms with Crippen molar-refractivity contribution in [2.24, 2.45) is 11.3 Å². The van der Waals surface area contributed by atoms with E-state index >= 15 is 0 Å². The van der Waals surface area contributed by atoms with Gasteiger partial charge in [0.1, 0.15) is 12.4 Å². The lowest BCUT2D eigenvalue weighted by atomic mass is 9.54. The molecule has 0 unspecified atom stereocenters. The second-order valence-corrected chi connectivity index (χ2v) is 16.4. The van der Waals surface area contributed by atoms with Gasteiger partial charge < -0.3 is 14.6 Å². The Bertz CT molecular complexity index is 1180. The quantitative estimate of drug-likeness (QED) is 0.0298. The van der Waals surface area contributed by atoms with Crippen molar-refractivity contribution in [2.75, 3.05) is 6.61 Å². The topological polar surface area (TPSA) is 89.9 Å². The van der Waals surface area contributed by atoms with Gasteiger partial charge in [0.15, 0.2) is 0 Å². The summed E-state index contributed by atoms with van der Waals surface area (Å²) in [6.07, 6.45) is 28.1. The molecule has 1 N–H and O–H groups in total. The molecule has 0 spiro atoms. The van der Waals surface area contributed by atoms with Crippen molar-refractivity contribution in [2.45, 2.75) is 209 Å². The van der Waals surface area contributed by atoms with Gasteiger partial charge >= 0.3 is 11.9 Å². The van der Waals surface area contributed by atoms with Gasteiger partial charge in [-0.25, -0.2) is 0 Å². The molecule has 0 aromatic carbocycles. The number of unbranched alkanes of at least 4 members (excludes halogenated alkanes) is 10. The van der Waals surface area contributed by atoms with Crippen LogP contribution in [-0.4, -0.2) is 41.6 Å². The molecule has 6 heteroatoms. The fraction of sp³-hybridized carbons (Fsp3) is 0.761. The van der Waals surface area contributed by atoms with Gasteiger partial charge in [-0.3, -0.25) is 14.4 Å². The van der Waals surface area contributed by atoms with Crippen LogP contribution in [0.2, 0.25) is 0 Å². The lowest BCUT2D eigenvalue weighted by Crippen LogP contribution is -2.52. The number of esters is 2. The Balaban J connectivity index is 2.81. The van der Waals surface area contributed by atoms with Crippen LogP contribution < -0.4 is 0 Å². The molecule has 0 radical (unpaired) electrons. The van der Waals surface area contributed by atoms with Crippen molar-refractivity contribution >= 4 is 18.2 Å². The number of aldehydes is 1. The molecule has 0 aliphatic heterocycles. The van der Waals surface area contributed by atoms with E-state index in [0.717, 1.165) is 55.1 Å². The van der Waals surface area contributed by atoms with Crippen LogP contribution in [-0.2, 0) is 23.9 Å². The molecule has 0 heterocycles. The maximum atomic E-state index is 12.5. The third-order valence-corrected chi connectivity index (χ3v) is 11.6. The molecule has 4 atom stereocenters. The Morgan fingerprint density at radius 1 is 0.827 bits per heavy atom. The van der Waals surface area contributed by atoms with Crippen LogP contribution in [0.5, 0.6) is 0 Å². The van der Waals surface area contributed by atoms with Crippen LogP contribution in [0.3, 0.4) is 0 Å². The fourth-order valence-electron chi connectivity index (χ4n) is 7.82. The first kappa shape index (κ1) is 47.6. The summed E-state index contributed by atoms with van der Waals surface area (Å²) in [4.78, 5) is 36.5. The number of hydrogen-bond donors (Lipinski definition) is 1. The number of hydrogen-bond acceptors (Lipinski definition) is 6. The molecule has 0 amide bonds. The molecule has 6 nitrogen and oxygen atoms in total. The predicted molar refractivity (Wildman–Crippen MR) is 217 cm³/mol. The van der Waals surface area contributed by atoms with Crippen molar-refractivity contribution in [3.8, 4) is 0 Å². The zero-order valence-electron chi connectivity index (χ0n) is 35.0. The van der Waals surface area contributed by atoms with Gasteiger partial charge in [-0.15, -0.1) is 0 Å². The highest BCUT2D eigenvalue weighted by Gasteiger charge is 2.52. The number of rotatable bonds is 27. The summed E-state index contributed by atoms with van der Waals surface area (Å²) in [5.74, 6) is -0.444. The van der Waals surface area contributed by atoms with Gasteiger partial charge in [0.05, 0.1) is 12.2 Å². The first-order valence-electron chi connectivity index (χ1n) is 20.8. The molecule has 0 aromatic heterocycles. The van der Waals surface area contributed by atoms with Gasteiger partial charge in [0, 0.05) is 25.2 Å². The number of carbonyl (C=O) groups is 3. The highest BCUT2D eigenvalue weighted by Crippen LogP contribution is 2.55. The minimum absolute atomic E-state index is 0.0174. The molecule has 1 aliphatic carbocycles. The SMILES string of the molecule is CCCCCCCCCCCCCC(=O)OCCC[C@@H]1/C(=C(/C)C=O)CC[C@](C)(O)[C@@]1(C)CC/C=C(\C)[C@@H](C/C=C(\C)CCC=C(C)C)OC(C)=O. The molecular formula is C46H78O6. The molecule has 52 heavy (non-hydrogen) atoms. The summed E-state index contributed by atoms with van der Waals surface area (Å²) in [5, 5.41) is 11.9. The van der Waals surface area contributed by atoms with E-state index in [1.165, 1.54) is 75.9 Å². The van der Waals surface area contributed by atoms with Crippen molar-refractivity contribution in [3.63, 3.8) is 0 Å². The van der Waals surface area contributed by atoms with E-state index < -0.39 is 11.0 Å². The minimum Gasteiger partial charge on any atom is -0.466 e. The maximum Gasteiger partial charge on any atom is 0.305 e. The minimum atomic E-state index is -0.932. The lowest BCUT2D eigenvalue weighted by molar-refractivity contribution is -0.145. The third kappa shape index (κ3) is 18.5. The zero-order valence-corrected chi connectivity index (χ0v) is 35.0. The molecule has 298 valence electrons. The monoisotopic (exact) mass is 727 g/mol. The Labute approximate surface area is 319 Å². The second-order valence-electron chi connectivity index (χ2n) is 16.4. The first-order chi connectivity index (χ1) is 24.7. The molecule has 0 saturated heterocycles. The maximum absolute atomic E-state index is 12.5. The van der Waals surface area contributed by atoms with Crippen LogP contribution in [0.15, 0.2) is 46.1 Å². The zero-order chi connectivity index (χ0) is 39.0. The highest BCUT2D eigenvalue weighted by molar-refractivity contribution is 5.74. The van der Waals surface area contributed by atoms with Crippen molar-refractivity contribution < 1.29 is 29.0 Å². The standard InChI is InChI=1S/C46H78O6/c1-10-11-12-13-14-15-16-17-18-19-20-28-44(49)51-34-23-27-42-41(39(6)35-47)31-33-46(9,50)45(42,8)32-22-26-38(5)43(52-40(7)48)30-29-37(4)25-21-24-36(2)3/h24,26,29,35,42-43,50H,10-23,25,27-28,30-34H2,1-9H3/b37-29+,38-26+,41-39-/t42-,43-,45+,46+/m1/s1. The van der Waals surface area contributed by atoms with E-state index in [1.807, 2.05) is 20.8 Å². The van der Waals surface area contributed by atoms with Gasteiger partial charge in [-0.1, -0.05) is 113 Å². The van der Waals surface area contributed by atoms with E-state index in [9.17, 15) is 19.5 Å². The molecule has 1 fully saturated rings. The van der Waals surface area contributed by atoms with Gasteiger partial charge in [-0.05, 0) is 116 Å². The van der Waals surface area contributed by atoms with E-state index in [2.05, 4.69) is 52.8 Å². The number of ether oxygens (including phenoxy) is 2. The average molecular weight is 727 g/mol. The fourth-order valence-corrected chi connectivity index (χ4v) is 7.82. The molecule has 1 saturated carbocycles. The first-order valence-corrected chi connectivity index (χ1v) is 20.8. The summed E-state index contributed by atoms with van der Waals surface area (Å²) in [5.41, 5.74) is 4.02. The van der Waals surface area contributed by atoms with Gasteiger partial charge in [0.25, 0.3) is 0 Å². The van der Waals surface area contributed by atoms with E-state index in [0.29, 0.717) is 51.6 Å². The van der Waals surface area contributed by atoms with Crippen LogP contribution >= 0.6 is 0 Å². The van der Waals surface area contributed by atoms with E-state index in [-0.39, 0.29) is 24.0 Å². The Morgan fingerprint density at radius 2 is 1.44 bits per heavy atom. The molecule has 1 aliphatic rings. The molecule has 0 bridgehead atoms. The molecule has 0 aromatic rings. The summed E-state index contributed by atoms with van der Waals surface area (Å²) in [6.45, 7) is 18.4. The van der Waals surface area contributed by atoms with Crippen molar-refractivity contribution in [1.29, 1.82) is 0 Å². The summed E-state index contributed by atoms with van der Waals surface area (Å²) < 4.78 is 11.4. The number of allylic oxidation sites excluding steroid dienone is 6. The second kappa shape index (κ2) is 26.3. The molecular weight excluding hydrogens is 649 g/mol. The lowest BCUT2D eigenvalue weighted by Gasteiger charge is -2.53. The van der Waals surface area contributed by atoms with Crippen molar-refractivity contribution in [1.82, 2.24) is 0 Å². The van der Waals surface area contributed by atoms with Crippen LogP contribution in [0.4, 0.5) is 0 Å². The average Bonchev–Trinajstić information content (AvgIpc) is 3.08. The smallest absolute Gasteiger partial charge is 0.305 e. The highest BCUT2D eigenvalue weighted by atomic mass is 16.5. The Hall–Kier alpha value is -2.47. The number of aliphatic hydroxyl groups is 1. The normalized spacial score (nSPS) is 22.5. The van der Waals surface area contributed by atoms with Crippen molar-refractivity contribution in [3.05, 3.63) is 46.1 Å². The Kier molecular flexibility index (Phi) is 24.1. The molecule has 1 rings (SSSR count). The summed E-state index contributed by atoms with van der Waals surface area (Å²) in [7, 11) is 0. The van der Waals surface area contributed by atoms with Gasteiger partial charge in [0.2, 0.25) is 0 Å². The number of carbonyl (C=O) groups excluding carboxylic acids is 3. The van der Waals surface area contributed by atoms with Crippen LogP contribution in [0.25, 0.3) is 0 Å². The Morgan fingerprint density at radius 3 is 2.02 bits per heavy atom. The predicted octanol–water partition coefficient (Wildman–Crippen LogP) is 12.4. The van der Waals surface area contributed by atoms with Crippen LogP contribution in [0.1, 0.15) is 197 Å². The van der Waals surface area contributed by atoms with E-state index in [4.69, 9.17) is 9.47 Å². The van der Waals surface area contributed by atoms with Crippen LogP contribution in [0, 0.1) is 11.3 Å². The van der Waals surface area contributed by atoms with E-state index in [1.54, 1.807) is 0 Å². The largest absolute Gasteiger partial charge is 0.466 e. The van der Waals surface area contributed by atoms with Gasteiger partial charge in [-0.2, -0.15) is 0 Å². The summed E-state index contributed by atoms with van der Waals surface area (Å²) in [6, 6.07) is 0.